The summed E-state index contributed by atoms with van der Waals surface area (Å²) in [7, 11) is 2.14. The molecule has 0 bridgehead atoms. The lowest BCUT2D eigenvalue weighted by Gasteiger charge is -2.30. The van der Waals surface area contributed by atoms with Gasteiger partial charge in [0.25, 0.3) is 0 Å². The highest BCUT2D eigenvalue weighted by Gasteiger charge is 2.20. The van der Waals surface area contributed by atoms with E-state index in [9.17, 15) is 0 Å². The van der Waals surface area contributed by atoms with Gasteiger partial charge in [-0.3, -0.25) is 4.90 Å². The van der Waals surface area contributed by atoms with E-state index in [1.807, 2.05) is 39.8 Å². The van der Waals surface area contributed by atoms with Crippen LogP contribution in [0, 0.1) is 0 Å². The molecular formula is C19H33N. The first kappa shape index (κ1) is 21.0. The topological polar surface area (TPSA) is 3.24 Å². The van der Waals surface area contributed by atoms with E-state index in [0.717, 1.165) is 13.1 Å². The molecule has 0 atom stereocenters. The van der Waals surface area contributed by atoms with Crippen LogP contribution >= 0.6 is 0 Å². The van der Waals surface area contributed by atoms with Gasteiger partial charge in [-0.15, -0.1) is 0 Å². The van der Waals surface area contributed by atoms with Gasteiger partial charge in [0.1, 0.15) is 0 Å². The molecule has 0 aromatic carbocycles. The maximum atomic E-state index is 3.87. The van der Waals surface area contributed by atoms with Crippen molar-refractivity contribution in [2.24, 2.45) is 0 Å². The zero-order chi connectivity index (χ0) is 16.1. The van der Waals surface area contributed by atoms with Crippen molar-refractivity contribution in [3.05, 3.63) is 59.8 Å². The predicted octanol–water partition coefficient (Wildman–Crippen LogP) is 5.55. The van der Waals surface area contributed by atoms with E-state index in [0.29, 0.717) is 0 Å². The van der Waals surface area contributed by atoms with Gasteiger partial charge < -0.3 is 0 Å². The molecule has 0 amide bonds. The molecule has 1 heterocycles. The second-order valence-corrected chi connectivity index (χ2v) is 4.18. The number of likely N-dealkylation sites (tertiary alicyclic amines) is 1. The lowest BCUT2D eigenvalue weighted by Crippen LogP contribution is -2.30. The van der Waals surface area contributed by atoms with Gasteiger partial charge in [0.15, 0.2) is 0 Å². The van der Waals surface area contributed by atoms with Crippen molar-refractivity contribution in [1.29, 1.82) is 0 Å². The molecule has 0 aromatic rings. The van der Waals surface area contributed by atoms with Crippen molar-refractivity contribution in [2.45, 2.75) is 41.5 Å². The van der Waals surface area contributed by atoms with Crippen LogP contribution in [0.3, 0.4) is 0 Å². The number of hydrogen-bond acceptors (Lipinski definition) is 1. The molecule has 114 valence electrons. The normalized spacial score (nSPS) is 21.4. The molecule has 0 aromatic heterocycles. The van der Waals surface area contributed by atoms with Crippen LogP contribution < -0.4 is 0 Å². The molecule has 1 fully saturated rings. The van der Waals surface area contributed by atoms with Gasteiger partial charge >= 0.3 is 0 Å². The van der Waals surface area contributed by atoms with Crippen LogP contribution in [0.5, 0.6) is 0 Å². The third-order valence-corrected chi connectivity index (χ3v) is 2.89. The Morgan fingerprint density at radius 3 is 1.95 bits per heavy atom. The Balaban J connectivity index is 0. The van der Waals surface area contributed by atoms with Gasteiger partial charge in [0, 0.05) is 13.1 Å². The molecule has 1 aliphatic rings. The largest absolute Gasteiger partial charge is 0.298 e. The quantitative estimate of drug-likeness (QED) is 0.639. The second kappa shape index (κ2) is 12.7. The summed E-state index contributed by atoms with van der Waals surface area (Å²) in [4.78, 5) is 2.31. The Morgan fingerprint density at radius 2 is 1.55 bits per heavy atom. The van der Waals surface area contributed by atoms with E-state index in [1.54, 1.807) is 0 Å². The van der Waals surface area contributed by atoms with Gasteiger partial charge in [-0.05, 0) is 43.2 Å². The van der Waals surface area contributed by atoms with Crippen molar-refractivity contribution in [3.8, 4) is 0 Å². The summed E-state index contributed by atoms with van der Waals surface area (Å²) in [5, 5.41) is 0. The Morgan fingerprint density at radius 1 is 1.05 bits per heavy atom. The van der Waals surface area contributed by atoms with Crippen molar-refractivity contribution < 1.29 is 0 Å². The average molecular weight is 275 g/mol. The maximum absolute atomic E-state index is 3.87. The summed E-state index contributed by atoms with van der Waals surface area (Å²) in [5.41, 5.74) is 5.29. The first-order valence-corrected chi connectivity index (χ1v) is 7.63. The van der Waals surface area contributed by atoms with Crippen molar-refractivity contribution in [2.75, 3.05) is 20.1 Å². The van der Waals surface area contributed by atoms with Crippen LogP contribution in [-0.2, 0) is 0 Å². The fraction of sp³-hybridized carbons (Fsp3) is 0.474. The van der Waals surface area contributed by atoms with Crippen LogP contribution in [0.4, 0.5) is 0 Å². The zero-order valence-corrected chi connectivity index (χ0v) is 14.6. The van der Waals surface area contributed by atoms with Gasteiger partial charge in [0.2, 0.25) is 0 Å². The molecule has 0 aliphatic carbocycles. The molecule has 1 saturated heterocycles. The number of rotatable bonds is 2. The first-order valence-electron chi connectivity index (χ1n) is 7.63. The molecule has 1 aliphatic heterocycles. The molecule has 1 nitrogen and oxygen atoms in total. The van der Waals surface area contributed by atoms with E-state index in [-0.39, 0.29) is 0 Å². The minimum atomic E-state index is 0.976. The SMILES string of the molecule is C=C/C=C1/CN(C)CC(=C/C)/C1=C(/C)C=C.CC.CC. The lowest BCUT2D eigenvalue weighted by atomic mass is 9.89. The summed E-state index contributed by atoms with van der Waals surface area (Å²) in [5.74, 6) is 0. The summed E-state index contributed by atoms with van der Waals surface area (Å²) in [6.45, 7) is 21.8. The standard InChI is InChI=1S/C15H21N.2C2H6/c1-6-9-14-11-16(5)10-13(8-3)15(14)12(4)7-2;2*1-2/h6-9H,1-2,10-11H2,3-5H3;2*1-2H3/b13-8-,14-9-,15-12+;;. The lowest BCUT2D eigenvalue weighted by molar-refractivity contribution is 0.382. The Labute approximate surface area is 127 Å². The summed E-state index contributed by atoms with van der Waals surface area (Å²) < 4.78 is 0. The molecule has 0 saturated carbocycles. The number of hydrogen-bond donors (Lipinski definition) is 0. The monoisotopic (exact) mass is 275 g/mol. The molecule has 1 rings (SSSR count). The van der Waals surface area contributed by atoms with Gasteiger partial charge in [-0.25, -0.2) is 0 Å². The highest BCUT2D eigenvalue weighted by atomic mass is 15.1. The fourth-order valence-corrected chi connectivity index (χ4v) is 2.12. The molecule has 20 heavy (non-hydrogen) atoms. The van der Waals surface area contributed by atoms with Crippen LogP contribution in [0.1, 0.15) is 41.5 Å². The molecule has 0 N–H and O–H groups in total. The van der Waals surface area contributed by atoms with Crippen LogP contribution in [0.25, 0.3) is 0 Å². The van der Waals surface area contributed by atoms with E-state index in [4.69, 9.17) is 0 Å². The van der Waals surface area contributed by atoms with E-state index < -0.39 is 0 Å². The summed E-state index contributed by atoms with van der Waals surface area (Å²) >= 11 is 0. The third kappa shape index (κ3) is 6.21. The number of likely N-dealkylation sites (N-methyl/N-ethyl adjacent to an activating group) is 1. The van der Waals surface area contributed by atoms with E-state index in [2.05, 4.69) is 51.1 Å². The van der Waals surface area contributed by atoms with E-state index >= 15 is 0 Å². The van der Waals surface area contributed by atoms with Crippen LogP contribution in [-0.4, -0.2) is 25.0 Å². The molecule has 0 radical (unpaired) electrons. The minimum absolute atomic E-state index is 0.976. The third-order valence-electron chi connectivity index (χ3n) is 2.89. The molecule has 0 unspecified atom stereocenters. The van der Waals surface area contributed by atoms with Crippen molar-refractivity contribution in [3.63, 3.8) is 0 Å². The van der Waals surface area contributed by atoms with Gasteiger partial charge in [-0.2, -0.15) is 0 Å². The smallest absolute Gasteiger partial charge is 0.0240 e. The Hall–Kier alpha value is -1.34. The number of piperidine rings is 1. The highest BCUT2D eigenvalue weighted by molar-refractivity contribution is 5.55. The molecule has 1 heteroatoms. The van der Waals surface area contributed by atoms with E-state index in [1.165, 1.54) is 22.3 Å². The van der Waals surface area contributed by atoms with Crippen LogP contribution in [0.15, 0.2) is 59.8 Å². The predicted molar refractivity (Wildman–Crippen MR) is 95.1 cm³/mol. The van der Waals surface area contributed by atoms with Crippen LogP contribution in [0.2, 0.25) is 0 Å². The number of nitrogens with zero attached hydrogens (tertiary/aromatic N) is 1. The fourth-order valence-electron chi connectivity index (χ4n) is 2.12. The van der Waals surface area contributed by atoms with Gasteiger partial charge in [0.05, 0.1) is 0 Å². The Bertz CT molecular complexity index is 381. The van der Waals surface area contributed by atoms with Gasteiger partial charge in [-0.1, -0.05) is 65.2 Å². The summed E-state index contributed by atoms with van der Waals surface area (Å²) in [6, 6.07) is 0. The maximum Gasteiger partial charge on any atom is 0.0240 e. The number of allylic oxidation sites excluding steroid dienone is 5. The van der Waals surface area contributed by atoms with Crippen molar-refractivity contribution >= 4 is 0 Å². The average Bonchev–Trinajstić information content (AvgIpc) is 2.50. The second-order valence-electron chi connectivity index (χ2n) is 4.18. The highest BCUT2D eigenvalue weighted by Crippen LogP contribution is 2.29. The van der Waals surface area contributed by atoms with Crippen molar-refractivity contribution in [1.82, 2.24) is 4.90 Å². The molecular weight excluding hydrogens is 242 g/mol. The summed E-state index contributed by atoms with van der Waals surface area (Å²) in [6.07, 6.45) is 8.08. The zero-order valence-electron chi connectivity index (χ0n) is 14.6. The minimum Gasteiger partial charge on any atom is -0.298 e. The Kier molecular flexibility index (Phi) is 13.3. The first-order chi connectivity index (χ1) is 9.63. The molecule has 0 spiro atoms.